The molecule has 0 spiro atoms. The molecule has 0 aliphatic heterocycles. The van der Waals surface area contributed by atoms with Gasteiger partial charge in [0.15, 0.2) is 0 Å². The molecule has 4 heteroatoms. The SMILES string of the molecule is NCCc1ccc(C(=O)Nc2ccc3sccc3c2)cc1. The van der Waals surface area contributed by atoms with E-state index < -0.39 is 0 Å². The Morgan fingerprint density at radius 2 is 1.90 bits per heavy atom. The van der Waals surface area contributed by atoms with Gasteiger partial charge in [0, 0.05) is 16.0 Å². The Bertz CT molecular complexity index is 762. The molecule has 0 saturated carbocycles. The lowest BCUT2D eigenvalue weighted by molar-refractivity contribution is 0.102. The number of amides is 1. The summed E-state index contributed by atoms with van der Waals surface area (Å²) in [6.45, 7) is 0.617. The Kier molecular flexibility index (Phi) is 3.99. The van der Waals surface area contributed by atoms with E-state index >= 15 is 0 Å². The summed E-state index contributed by atoms with van der Waals surface area (Å²) in [5.74, 6) is -0.0936. The number of carbonyl (C=O) groups excluding carboxylic acids is 1. The normalized spacial score (nSPS) is 10.7. The highest BCUT2D eigenvalue weighted by molar-refractivity contribution is 7.17. The molecule has 0 aliphatic rings. The standard InChI is InChI=1S/C17H16N2OS/c18-9-7-12-1-3-13(4-2-12)17(20)19-15-5-6-16-14(11-15)8-10-21-16/h1-6,8,10-11H,7,9,18H2,(H,19,20). The number of anilines is 1. The van der Waals surface area contributed by atoms with Gasteiger partial charge in [-0.3, -0.25) is 4.79 Å². The van der Waals surface area contributed by atoms with Gasteiger partial charge in [-0.25, -0.2) is 0 Å². The van der Waals surface area contributed by atoms with Crippen molar-refractivity contribution < 1.29 is 4.79 Å². The van der Waals surface area contributed by atoms with Gasteiger partial charge in [-0.2, -0.15) is 0 Å². The first kappa shape index (κ1) is 13.8. The first-order chi connectivity index (χ1) is 10.3. The highest BCUT2D eigenvalue weighted by Crippen LogP contribution is 2.24. The topological polar surface area (TPSA) is 55.1 Å². The summed E-state index contributed by atoms with van der Waals surface area (Å²) in [7, 11) is 0. The second kappa shape index (κ2) is 6.08. The Morgan fingerprint density at radius 3 is 2.67 bits per heavy atom. The molecule has 3 N–H and O–H groups in total. The van der Waals surface area contributed by atoms with Crippen LogP contribution >= 0.6 is 11.3 Å². The van der Waals surface area contributed by atoms with Gasteiger partial charge < -0.3 is 11.1 Å². The fraction of sp³-hybridized carbons (Fsp3) is 0.118. The van der Waals surface area contributed by atoms with E-state index in [0.29, 0.717) is 12.1 Å². The number of hydrogen-bond acceptors (Lipinski definition) is 3. The van der Waals surface area contributed by atoms with Crippen molar-refractivity contribution in [1.82, 2.24) is 0 Å². The second-order valence-corrected chi connectivity index (χ2v) is 5.81. The molecule has 0 bridgehead atoms. The van der Waals surface area contributed by atoms with Crippen LogP contribution in [0.5, 0.6) is 0 Å². The lowest BCUT2D eigenvalue weighted by atomic mass is 10.1. The monoisotopic (exact) mass is 296 g/mol. The van der Waals surface area contributed by atoms with E-state index in [1.807, 2.05) is 47.8 Å². The minimum absolute atomic E-state index is 0.0936. The molecule has 0 fully saturated rings. The zero-order valence-corrected chi connectivity index (χ0v) is 12.3. The van der Waals surface area contributed by atoms with Crippen LogP contribution in [0.3, 0.4) is 0 Å². The number of carbonyl (C=O) groups is 1. The first-order valence-corrected chi connectivity index (χ1v) is 7.72. The average molecular weight is 296 g/mol. The maximum atomic E-state index is 12.2. The zero-order chi connectivity index (χ0) is 14.7. The van der Waals surface area contributed by atoms with Gasteiger partial charge in [0.2, 0.25) is 0 Å². The minimum Gasteiger partial charge on any atom is -0.330 e. The van der Waals surface area contributed by atoms with Gasteiger partial charge in [0.25, 0.3) is 5.91 Å². The number of hydrogen-bond donors (Lipinski definition) is 2. The third-order valence-electron chi connectivity index (χ3n) is 3.36. The third kappa shape index (κ3) is 3.12. The molecule has 106 valence electrons. The van der Waals surface area contributed by atoms with Crippen molar-refractivity contribution in [3.8, 4) is 0 Å². The van der Waals surface area contributed by atoms with Crippen molar-refractivity contribution in [2.45, 2.75) is 6.42 Å². The first-order valence-electron chi connectivity index (χ1n) is 6.84. The van der Waals surface area contributed by atoms with Crippen molar-refractivity contribution in [3.63, 3.8) is 0 Å². The molecule has 1 amide bonds. The highest BCUT2D eigenvalue weighted by atomic mass is 32.1. The van der Waals surface area contributed by atoms with E-state index in [9.17, 15) is 4.79 Å². The van der Waals surface area contributed by atoms with Gasteiger partial charge in [-0.05, 0) is 65.7 Å². The van der Waals surface area contributed by atoms with Gasteiger partial charge in [0.05, 0.1) is 0 Å². The van der Waals surface area contributed by atoms with E-state index in [1.165, 1.54) is 4.70 Å². The average Bonchev–Trinajstić information content (AvgIpc) is 2.96. The molecule has 3 aromatic rings. The predicted molar refractivity (Wildman–Crippen MR) is 89.0 cm³/mol. The van der Waals surface area contributed by atoms with Crippen LogP contribution in [0.15, 0.2) is 53.9 Å². The number of benzene rings is 2. The van der Waals surface area contributed by atoms with E-state index in [0.717, 1.165) is 23.1 Å². The molecule has 0 atom stereocenters. The lowest BCUT2D eigenvalue weighted by Crippen LogP contribution is -2.12. The van der Waals surface area contributed by atoms with Crippen LogP contribution in [0.25, 0.3) is 10.1 Å². The van der Waals surface area contributed by atoms with Gasteiger partial charge >= 0.3 is 0 Å². The molecule has 21 heavy (non-hydrogen) atoms. The number of rotatable bonds is 4. The molecule has 3 rings (SSSR count). The molecule has 1 heterocycles. The van der Waals surface area contributed by atoms with Gasteiger partial charge in [0.1, 0.15) is 0 Å². The Balaban J connectivity index is 1.75. The molecule has 3 nitrogen and oxygen atoms in total. The fourth-order valence-corrected chi connectivity index (χ4v) is 3.01. The van der Waals surface area contributed by atoms with Crippen LogP contribution in [0.1, 0.15) is 15.9 Å². The summed E-state index contributed by atoms with van der Waals surface area (Å²) >= 11 is 1.69. The molecule has 0 saturated heterocycles. The summed E-state index contributed by atoms with van der Waals surface area (Å²) in [6.07, 6.45) is 0.830. The number of nitrogens with two attached hydrogens (primary N) is 1. The van der Waals surface area contributed by atoms with Crippen molar-refractivity contribution in [1.29, 1.82) is 0 Å². The highest BCUT2D eigenvalue weighted by Gasteiger charge is 2.06. The molecule has 0 radical (unpaired) electrons. The molecule has 0 aliphatic carbocycles. The smallest absolute Gasteiger partial charge is 0.255 e. The summed E-state index contributed by atoms with van der Waals surface area (Å²) in [5.41, 5.74) is 8.14. The van der Waals surface area contributed by atoms with Crippen LogP contribution in [0, 0.1) is 0 Å². The number of nitrogens with one attached hydrogen (secondary N) is 1. The van der Waals surface area contributed by atoms with E-state index in [1.54, 1.807) is 11.3 Å². The van der Waals surface area contributed by atoms with Crippen LogP contribution in [0.4, 0.5) is 5.69 Å². The molecule has 2 aromatic carbocycles. The third-order valence-corrected chi connectivity index (χ3v) is 4.26. The van der Waals surface area contributed by atoms with E-state index in [4.69, 9.17) is 5.73 Å². The summed E-state index contributed by atoms with van der Waals surface area (Å²) in [5, 5.41) is 6.13. The van der Waals surface area contributed by atoms with Crippen molar-refractivity contribution in [3.05, 3.63) is 65.0 Å². The largest absolute Gasteiger partial charge is 0.330 e. The quantitative estimate of drug-likeness (QED) is 0.772. The number of fused-ring (bicyclic) bond motifs is 1. The second-order valence-electron chi connectivity index (χ2n) is 4.86. The van der Waals surface area contributed by atoms with Crippen LogP contribution in [-0.2, 0) is 6.42 Å². The van der Waals surface area contributed by atoms with Gasteiger partial charge in [-0.1, -0.05) is 12.1 Å². The number of thiophene rings is 1. The van der Waals surface area contributed by atoms with Crippen LogP contribution in [-0.4, -0.2) is 12.5 Å². The molecule has 1 aromatic heterocycles. The minimum atomic E-state index is -0.0936. The molecular formula is C17H16N2OS. The van der Waals surface area contributed by atoms with Crippen LogP contribution in [0.2, 0.25) is 0 Å². The van der Waals surface area contributed by atoms with Gasteiger partial charge in [-0.15, -0.1) is 11.3 Å². The van der Waals surface area contributed by atoms with E-state index in [2.05, 4.69) is 11.4 Å². The zero-order valence-electron chi connectivity index (χ0n) is 11.5. The van der Waals surface area contributed by atoms with E-state index in [-0.39, 0.29) is 5.91 Å². The summed E-state index contributed by atoms with van der Waals surface area (Å²) in [6, 6.07) is 15.6. The predicted octanol–water partition coefficient (Wildman–Crippen LogP) is 3.65. The molecular weight excluding hydrogens is 280 g/mol. The summed E-state index contributed by atoms with van der Waals surface area (Å²) in [4.78, 5) is 12.2. The maximum Gasteiger partial charge on any atom is 0.255 e. The van der Waals surface area contributed by atoms with Crippen molar-refractivity contribution >= 4 is 33.0 Å². The lowest BCUT2D eigenvalue weighted by Gasteiger charge is -2.06. The maximum absolute atomic E-state index is 12.2. The Labute approximate surface area is 127 Å². The molecule has 0 unspecified atom stereocenters. The Morgan fingerprint density at radius 1 is 1.10 bits per heavy atom. The fourth-order valence-electron chi connectivity index (χ4n) is 2.24. The summed E-state index contributed by atoms with van der Waals surface area (Å²) < 4.78 is 1.22. The Hall–Kier alpha value is -2.17. The van der Waals surface area contributed by atoms with Crippen LogP contribution < -0.4 is 11.1 Å². The van der Waals surface area contributed by atoms with Crippen molar-refractivity contribution in [2.75, 3.05) is 11.9 Å². The van der Waals surface area contributed by atoms with Crippen molar-refractivity contribution in [2.24, 2.45) is 5.73 Å².